The summed E-state index contributed by atoms with van der Waals surface area (Å²) in [5.74, 6) is 0. The highest BCUT2D eigenvalue weighted by atomic mass is 16.2. The minimum Gasteiger partial charge on any atom is -0.304 e. The van der Waals surface area contributed by atoms with Crippen molar-refractivity contribution in [3.8, 4) is 0 Å². The van der Waals surface area contributed by atoms with Gasteiger partial charge in [0.1, 0.15) is 0 Å². The van der Waals surface area contributed by atoms with Gasteiger partial charge >= 0.3 is 6.03 Å². The third-order valence-electron chi connectivity index (χ3n) is 1.95. The fraction of sp³-hybridized carbons (Fsp3) is 0.100. The molecule has 3 heteroatoms. The van der Waals surface area contributed by atoms with Crippen LogP contribution in [0.2, 0.25) is 0 Å². The second-order valence-corrected chi connectivity index (χ2v) is 3.05. The predicted octanol–water partition coefficient (Wildman–Crippen LogP) is 2.50. The van der Waals surface area contributed by atoms with Crippen molar-refractivity contribution in [3.63, 3.8) is 0 Å². The number of nitrogens with zero attached hydrogens (tertiary/aromatic N) is 1. The molecule has 13 heavy (non-hydrogen) atoms. The Morgan fingerprint density at radius 1 is 1.54 bits per heavy atom. The van der Waals surface area contributed by atoms with Gasteiger partial charge in [-0.1, -0.05) is 18.2 Å². The van der Waals surface area contributed by atoms with E-state index in [0.29, 0.717) is 5.69 Å². The zero-order chi connectivity index (χ0) is 9.42. The molecular formula is C10H9N2O. The van der Waals surface area contributed by atoms with Crippen LogP contribution in [-0.2, 0) is 0 Å². The van der Waals surface area contributed by atoms with Crippen molar-refractivity contribution in [2.24, 2.45) is 0 Å². The van der Waals surface area contributed by atoms with Crippen molar-refractivity contribution in [2.45, 2.75) is 6.92 Å². The Bertz CT molecular complexity index is 396. The average Bonchev–Trinajstić information content (AvgIpc) is 2.42. The van der Waals surface area contributed by atoms with E-state index in [2.05, 4.69) is 17.2 Å². The topological polar surface area (TPSA) is 43.2 Å². The molecule has 1 radical (unpaired) electrons. The number of hydrogen-bond acceptors (Lipinski definition) is 1. The molecule has 0 fully saturated rings. The third-order valence-corrected chi connectivity index (χ3v) is 1.95. The molecule has 0 saturated carbocycles. The summed E-state index contributed by atoms with van der Waals surface area (Å²) in [6.07, 6.45) is 0. The first-order valence-electron chi connectivity index (χ1n) is 3.99. The number of fused-ring (bicyclic) bond motifs is 1. The van der Waals surface area contributed by atoms with E-state index in [4.69, 9.17) is 0 Å². The molecule has 1 aliphatic rings. The van der Waals surface area contributed by atoms with Crippen LogP contribution in [0.3, 0.4) is 0 Å². The summed E-state index contributed by atoms with van der Waals surface area (Å²) in [6.45, 7) is 5.75. The quantitative estimate of drug-likeness (QED) is 0.696. The van der Waals surface area contributed by atoms with E-state index in [0.717, 1.165) is 16.8 Å². The molecule has 2 rings (SSSR count). The number of nitrogens with one attached hydrogen (secondary N) is 1. The maximum absolute atomic E-state index is 10.9. The smallest absolute Gasteiger partial charge is 0.304 e. The van der Waals surface area contributed by atoms with Gasteiger partial charge in [0.05, 0.1) is 11.4 Å². The van der Waals surface area contributed by atoms with Crippen LogP contribution >= 0.6 is 0 Å². The number of anilines is 1. The molecule has 1 N–H and O–H groups in total. The summed E-state index contributed by atoms with van der Waals surface area (Å²) in [6, 6.07) is 5.32. The number of hydrogen-bond donors (Lipinski definition) is 1. The molecule has 0 unspecified atom stereocenters. The van der Waals surface area contributed by atoms with Crippen molar-refractivity contribution in [3.05, 3.63) is 30.3 Å². The molecule has 1 aliphatic heterocycles. The Morgan fingerprint density at radius 2 is 2.31 bits per heavy atom. The van der Waals surface area contributed by atoms with E-state index in [9.17, 15) is 4.79 Å². The lowest BCUT2D eigenvalue weighted by atomic mass is 10.1. The molecule has 3 nitrogen and oxygen atoms in total. The largest absolute Gasteiger partial charge is 0.346 e. The normalized spacial score (nSPS) is 13.2. The van der Waals surface area contributed by atoms with Crippen LogP contribution in [0.1, 0.15) is 12.5 Å². The molecule has 0 aliphatic carbocycles. The second-order valence-electron chi connectivity index (χ2n) is 3.05. The highest BCUT2D eigenvalue weighted by Gasteiger charge is 2.18. The van der Waals surface area contributed by atoms with E-state index >= 15 is 0 Å². The molecule has 1 aromatic rings. The van der Waals surface area contributed by atoms with Gasteiger partial charge in [0.15, 0.2) is 0 Å². The first kappa shape index (κ1) is 7.86. The first-order chi connectivity index (χ1) is 6.16. The molecule has 0 atom stereocenters. The fourth-order valence-electron chi connectivity index (χ4n) is 1.25. The number of rotatable bonds is 1. The summed E-state index contributed by atoms with van der Waals surface area (Å²) in [5.41, 5.74) is 3.46. The van der Waals surface area contributed by atoms with Gasteiger partial charge in [-0.05, 0) is 24.6 Å². The fourth-order valence-corrected chi connectivity index (χ4v) is 1.25. The number of allylic oxidation sites excluding steroid dienone is 1. The zero-order valence-electron chi connectivity index (χ0n) is 7.29. The van der Waals surface area contributed by atoms with E-state index < -0.39 is 0 Å². The maximum Gasteiger partial charge on any atom is 0.346 e. The summed E-state index contributed by atoms with van der Waals surface area (Å²) >= 11 is 0. The lowest BCUT2D eigenvalue weighted by Crippen LogP contribution is -2.08. The number of carbonyl (C=O) groups excluding carboxylic acids is 1. The van der Waals surface area contributed by atoms with Gasteiger partial charge in [-0.15, -0.1) is 0 Å². The molecule has 0 bridgehead atoms. The summed E-state index contributed by atoms with van der Waals surface area (Å²) in [4.78, 5) is 10.9. The van der Waals surface area contributed by atoms with Crippen molar-refractivity contribution in [2.75, 3.05) is 5.32 Å². The molecule has 65 valence electrons. The Labute approximate surface area is 76.5 Å². The van der Waals surface area contributed by atoms with Gasteiger partial charge in [-0.25, -0.2) is 4.79 Å². The molecule has 0 saturated heterocycles. The van der Waals surface area contributed by atoms with Gasteiger partial charge in [0, 0.05) is 0 Å². The minimum atomic E-state index is -0.297. The monoisotopic (exact) mass is 173 g/mol. The van der Waals surface area contributed by atoms with Gasteiger partial charge in [-0.2, -0.15) is 5.32 Å². The van der Waals surface area contributed by atoms with Gasteiger partial charge in [-0.3, -0.25) is 0 Å². The van der Waals surface area contributed by atoms with Crippen LogP contribution in [0.4, 0.5) is 16.2 Å². The summed E-state index contributed by atoms with van der Waals surface area (Å²) < 4.78 is 0. The maximum atomic E-state index is 10.9. The Morgan fingerprint density at radius 3 is 3.00 bits per heavy atom. The summed E-state index contributed by atoms with van der Waals surface area (Å²) in [5, 5.41) is 6.43. The third kappa shape index (κ3) is 1.28. The number of amides is 2. The SMILES string of the molecule is C=C(C)c1ccc2c(c1)[N]C(=O)N2. The number of benzene rings is 1. The van der Waals surface area contributed by atoms with E-state index in [1.807, 2.05) is 25.1 Å². The van der Waals surface area contributed by atoms with Crippen LogP contribution < -0.4 is 10.6 Å². The van der Waals surface area contributed by atoms with Crippen LogP contribution in [0.15, 0.2) is 24.8 Å². The molecule has 2 amide bonds. The molecule has 1 heterocycles. The summed E-state index contributed by atoms with van der Waals surface area (Å²) in [7, 11) is 0. The van der Waals surface area contributed by atoms with Crippen LogP contribution in [-0.4, -0.2) is 6.03 Å². The Balaban J connectivity index is 2.45. The molecule has 1 aromatic carbocycles. The van der Waals surface area contributed by atoms with Crippen LogP contribution in [0, 0.1) is 0 Å². The van der Waals surface area contributed by atoms with Crippen molar-refractivity contribution >= 4 is 23.0 Å². The van der Waals surface area contributed by atoms with Gasteiger partial charge < -0.3 is 5.32 Å². The van der Waals surface area contributed by atoms with Crippen molar-refractivity contribution < 1.29 is 4.79 Å². The predicted molar refractivity (Wildman–Crippen MR) is 52.0 cm³/mol. The lowest BCUT2D eigenvalue weighted by Gasteiger charge is -2.01. The zero-order valence-corrected chi connectivity index (χ0v) is 7.29. The Hall–Kier alpha value is -1.77. The minimum absolute atomic E-state index is 0.297. The van der Waals surface area contributed by atoms with Crippen LogP contribution in [0.25, 0.3) is 5.57 Å². The van der Waals surface area contributed by atoms with E-state index in [1.165, 1.54) is 0 Å². The van der Waals surface area contributed by atoms with Crippen LogP contribution in [0.5, 0.6) is 0 Å². The first-order valence-corrected chi connectivity index (χ1v) is 3.99. The molecular weight excluding hydrogens is 164 g/mol. The molecule has 0 aromatic heterocycles. The number of carbonyl (C=O) groups is 1. The van der Waals surface area contributed by atoms with Crippen molar-refractivity contribution in [1.82, 2.24) is 5.32 Å². The van der Waals surface area contributed by atoms with Crippen molar-refractivity contribution in [1.29, 1.82) is 0 Å². The highest BCUT2D eigenvalue weighted by molar-refractivity contribution is 6.02. The second kappa shape index (κ2) is 2.62. The lowest BCUT2D eigenvalue weighted by molar-refractivity contribution is 0.256. The molecule has 0 spiro atoms. The average molecular weight is 173 g/mol. The number of urea groups is 1. The van der Waals surface area contributed by atoms with Gasteiger partial charge in [0.2, 0.25) is 0 Å². The van der Waals surface area contributed by atoms with E-state index in [1.54, 1.807) is 0 Å². The highest BCUT2D eigenvalue weighted by Crippen LogP contribution is 2.29. The van der Waals surface area contributed by atoms with E-state index in [-0.39, 0.29) is 6.03 Å². The Kier molecular flexibility index (Phi) is 1.59. The van der Waals surface area contributed by atoms with Gasteiger partial charge in [0.25, 0.3) is 0 Å². The standard InChI is InChI=1S/C10H9N2O/c1-6(2)7-3-4-8-9(5-7)12-10(13)11-8/h3-5H,1H2,2H3,(H,11,13).